The Morgan fingerprint density at radius 3 is 2.10 bits per heavy atom. The topological polar surface area (TPSA) is 128 Å². The Morgan fingerprint density at radius 1 is 0.714 bits per heavy atom. The van der Waals surface area contributed by atoms with Crippen molar-refractivity contribution in [3.63, 3.8) is 0 Å². The molecule has 4 rings (SSSR count). The van der Waals surface area contributed by atoms with E-state index in [9.17, 15) is 19.2 Å². The number of amides is 4. The van der Waals surface area contributed by atoms with Crippen LogP contribution in [0.2, 0.25) is 0 Å². The van der Waals surface area contributed by atoms with Gasteiger partial charge in [-0.15, -0.1) is 0 Å². The molecule has 1 aliphatic rings. The van der Waals surface area contributed by atoms with Gasteiger partial charge in [0, 0.05) is 31.5 Å². The molecule has 9 heteroatoms. The molecule has 0 atom stereocenters. The van der Waals surface area contributed by atoms with Crippen LogP contribution in [0, 0.1) is 0 Å². The van der Waals surface area contributed by atoms with Crippen molar-refractivity contribution >= 4 is 47.2 Å². The third kappa shape index (κ3) is 8.87. The number of benzene rings is 3. The normalized spacial score (nSPS) is 12.6. The van der Waals surface area contributed by atoms with E-state index in [0.29, 0.717) is 25.1 Å². The lowest BCUT2D eigenvalue weighted by Crippen LogP contribution is -2.35. The minimum Gasteiger partial charge on any atom is -0.392 e. The molecule has 0 radical (unpaired) electrons. The number of hydrogen-bond acceptors (Lipinski definition) is 5. The summed E-state index contributed by atoms with van der Waals surface area (Å²) in [5.41, 5.74) is 5.24. The second-order valence-corrected chi connectivity index (χ2v) is 10.1. The number of aliphatic hydroxyl groups excluding tert-OH is 1. The van der Waals surface area contributed by atoms with Gasteiger partial charge in [-0.25, -0.2) is 0 Å². The Morgan fingerprint density at radius 2 is 1.36 bits per heavy atom. The summed E-state index contributed by atoms with van der Waals surface area (Å²) in [6, 6.07) is 22.5. The van der Waals surface area contributed by atoms with Crippen LogP contribution < -0.4 is 20.9 Å². The van der Waals surface area contributed by atoms with Crippen molar-refractivity contribution in [1.29, 1.82) is 0 Å². The van der Waals surface area contributed by atoms with Crippen LogP contribution in [0.4, 0.5) is 11.4 Å². The zero-order valence-electron chi connectivity index (χ0n) is 23.5. The van der Waals surface area contributed by atoms with Gasteiger partial charge in [-0.2, -0.15) is 0 Å². The van der Waals surface area contributed by atoms with E-state index in [1.54, 1.807) is 29.2 Å². The third-order valence-corrected chi connectivity index (χ3v) is 6.94. The SMILES string of the molecule is O=C(CCCCC(=O)NCC(=O)Nc1ccc(CO)cc1)NCCC(=O)N1Cc2ccccc2/C=C\c2ccccc21. The van der Waals surface area contributed by atoms with Gasteiger partial charge in [-0.1, -0.05) is 66.7 Å². The van der Waals surface area contributed by atoms with Crippen molar-refractivity contribution in [3.05, 3.63) is 95.1 Å². The Labute approximate surface area is 245 Å². The van der Waals surface area contributed by atoms with Crippen LogP contribution in [0.1, 0.15) is 54.4 Å². The molecule has 3 aromatic rings. The van der Waals surface area contributed by atoms with E-state index in [-0.39, 0.29) is 62.6 Å². The number of nitrogens with zero attached hydrogens (tertiary/aromatic N) is 1. The van der Waals surface area contributed by atoms with Gasteiger partial charge in [0.15, 0.2) is 0 Å². The highest BCUT2D eigenvalue weighted by molar-refractivity contribution is 5.97. The smallest absolute Gasteiger partial charge is 0.243 e. The number of carbonyl (C=O) groups excluding carboxylic acids is 4. The Bertz CT molecular complexity index is 1430. The first-order chi connectivity index (χ1) is 20.4. The molecule has 0 spiro atoms. The zero-order valence-corrected chi connectivity index (χ0v) is 23.5. The van der Waals surface area contributed by atoms with Crippen molar-refractivity contribution in [1.82, 2.24) is 10.6 Å². The zero-order chi connectivity index (χ0) is 29.7. The van der Waals surface area contributed by atoms with Gasteiger partial charge in [0.1, 0.15) is 0 Å². The van der Waals surface area contributed by atoms with Crippen molar-refractivity contribution in [2.75, 3.05) is 23.3 Å². The van der Waals surface area contributed by atoms with Crippen LogP contribution in [-0.2, 0) is 32.3 Å². The summed E-state index contributed by atoms with van der Waals surface area (Å²) in [7, 11) is 0. The number of aliphatic hydroxyl groups is 1. The summed E-state index contributed by atoms with van der Waals surface area (Å²) in [4.78, 5) is 51.5. The van der Waals surface area contributed by atoms with Crippen LogP contribution in [0.3, 0.4) is 0 Å². The second-order valence-electron chi connectivity index (χ2n) is 10.1. The monoisotopic (exact) mass is 568 g/mol. The van der Waals surface area contributed by atoms with Gasteiger partial charge in [-0.3, -0.25) is 19.2 Å². The molecule has 4 amide bonds. The van der Waals surface area contributed by atoms with Gasteiger partial charge in [0.2, 0.25) is 23.6 Å². The maximum Gasteiger partial charge on any atom is 0.243 e. The Hall–Kier alpha value is -4.76. The van der Waals surface area contributed by atoms with Crippen molar-refractivity contribution in [2.24, 2.45) is 0 Å². The first kappa shape index (κ1) is 30.2. The summed E-state index contributed by atoms with van der Waals surface area (Å²) in [6.45, 7) is 0.449. The fourth-order valence-corrected chi connectivity index (χ4v) is 4.64. The number of anilines is 2. The quantitative estimate of drug-likeness (QED) is 0.246. The number of carbonyl (C=O) groups is 4. The molecule has 0 aromatic heterocycles. The minimum absolute atomic E-state index is 0.0734. The molecule has 0 fully saturated rings. The molecule has 0 aliphatic carbocycles. The van der Waals surface area contributed by atoms with E-state index in [2.05, 4.69) is 22.0 Å². The van der Waals surface area contributed by atoms with Gasteiger partial charge in [0.05, 0.1) is 25.4 Å². The van der Waals surface area contributed by atoms with Gasteiger partial charge >= 0.3 is 0 Å². The first-order valence-electron chi connectivity index (χ1n) is 14.1. The predicted octanol–water partition coefficient (Wildman–Crippen LogP) is 4.02. The number of fused-ring (bicyclic) bond motifs is 2. The summed E-state index contributed by atoms with van der Waals surface area (Å²) < 4.78 is 0. The van der Waals surface area contributed by atoms with Gasteiger partial charge in [0.25, 0.3) is 0 Å². The lowest BCUT2D eigenvalue weighted by atomic mass is 10.0. The second kappa shape index (κ2) is 15.3. The van der Waals surface area contributed by atoms with Gasteiger partial charge in [-0.05, 0) is 53.3 Å². The average Bonchev–Trinajstić information content (AvgIpc) is 2.99. The van der Waals surface area contributed by atoms with E-state index < -0.39 is 0 Å². The molecule has 0 bridgehead atoms. The molecule has 3 aromatic carbocycles. The van der Waals surface area contributed by atoms with Crippen molar-refractivity contribution in [3.8, 4) is 0 Å². The highest BCUT2D eigenvalue weighted by Crippen LogP contribution is 2.29. The molecule has 1 heterocycles. The summed E-state index contributed by atoms with van der Waals surface area (Å²) >= 11 is 0. The summed E-state index contributed by atoms with van der Waals surface area (Å²) in [6.07, 6.45) is 5.72. The molecule has 9 nitrogen and oxygen atoms in total. The fraction of sp³-hybridized carbons (Fsp3) is 0.273. The highest BCUT2D eigenvalue weighted by atomic mass is 16.3. The van der Waals surface area contributed by atoms with Gasteiger partial charge < -0.3 is 26.0 Å². The summed E-state index contributed by atoms with van der Waals surface area (Å²) in [5, 5.41) is 17.1. The average molecular weight is 569 g/mol. The van der Waals surface area contributed by atoms with Crippen LogP contribution in [0.25, 0.3) is 12.2 Å². The largest absolute Gasteiger partial charge is 0.392 e. The lowest BCUT2D eigenvalue weighted by Gasteiger charge is -2.27. The number of para-hydroxylation sites is 1. The molecular weight excluding hydrogens is 532 g/mol. The van der Waals surface area contributed by atoms with Crippen LogP contribution in [-0.4, -0.2) is 41.8 Å². The van der Waals surface area contributed by atoms with E-state index in [0.717, 1.165) is 27.9 Å². The molecule has 0 unspecified atom stereocenters. The lowest BCUT2D eigenvalue weighted by molar-refractivity contribution is -0.124. The maximum absolute atomic E-state index is 13.3. The van der Waals surface area contributed by atoms with E-state index in [1.807, 2.05) is 54.6 Å². The highest BCUT2D eigenvalue weighted by Gasteiger charge is 2.20. The molecule has 218 valence electrons. The Balaban J connectivity index is 1.13. The predicted molar refractivity (Wildman–Crippen MR) is 163 cm³/mol. The molecule has 4 N–H and O–H groups in total. The van der Waals surface area contributed by atoms with E-state index in [1.165, 1.54) is 0 Å². The van der Waals surface area contributed by atoms with E-state index >= 15 is 0 Å². The molecular formula is C33H36N4O5. The standard InChI is InChI=1S/C33H36N4O5/c38-23-24-13-17-28(18-14-24)36-32(41)21-35-31(40)12-6-5-11-30(39)34-20-19-33(42)37-22-27-9-2-1-7-25(27)15-16-26-8-3-4-10-29(26)37/h1-4,7-10,13-18,38H,5-6,11-12,19-23H2,(H,34,39)(H,35,40)(H,36,41)/b16-15-. The number of rotatable bonds is 12. The Kier molecular flexibility index (Phi) is 11.0. The molecule has 0 saturated heterocycles. The fourth-order valence-electron chi connectivity index (χ4n) is 4.64. The number of hydrogen-bond donors (Lipinski definition) is 4. The molecule has 42 heavy (non-hydrogen) atoms. The number of nitrogens with one attached hydrogen (secondary N) is 3. The van der Waals surface area contributed by atoms with Crippen molar-refractivity contribution < 1.29 is 24.3 Å². The van der Waals surface area contributed by atoms with E-state index in [4.69, 9.17) is 5.11 Å². The van der Waals surface area contributed by atoms with Crippen LogP contribution in [0.5, 0.6) is 0 Å². The minimum atomic E-state index is -0.353. The molecule has 0 saturated carbocycles. The summed E-state index contributed by atoms with van der Waals surface area (Å²) in [5.74, 6) is -0.863. The van der Waals surface area contributed by atoms with Crippen molar-refractivity contribution in [2.45, 2.75) is 45.3 Å². The molecule has 1 aliphatic heterocycles. The third-order valence-electron chi connectivity index (χ3n) is 6.94. The number of unbranched alkanes of at least 4 members (excludes halogenated alkanes) is 1. The van der Waals surface area contributed by atoms with Crippen LogP contribution in [0.15, 0.2) is 72.8 Å². The first-order valence-corrected chi connectivity index (χ1v) is 14.1. The maximum atomic E-state index is 13.3. The van der Waals surface area contributed by atoms with Crippen LogP contribution >= 0.6 is 0 Å².